The fourth-order valence-corrected chi connectivity index (χ4v) is 0.204. The van der Waals surface area contributed by atoms with Crippen LogP contribution in [0.5, 0.6) is 0 Å². The first kappa shape index (κ1) is 17.2. The molecule has 7 heteroatoms. The van der Waals surface area contributed by atoms with Gasteiger partial charge < -0.3 is 25.2 Å². The smallest absolute Gasteiger partial charge is 0.550 e. The Kier molecular flexibility index (Phi) is 19.9. The first-order valence-corrected chi connectivity index (χ1v) is 2.52. The van der Waals surface area contributed by atoms with E-state index in [1.54, 1.807) is 6.92 Å². The maximum absolute atomic E-state index is 9.49. The molecule has 6 nitrogen and oxygen atoms in total. The number of carboxylic acid groups (broad SMARTS) is 1. The van der Waals surface area contributed by atoms with E-state index >= 15 is 0 Å². The van der Waals surface area contributed by atoms with Crippen molar-refractivity contribution in [3.63, 3.8) is 0 Å². The summed E-state index contributed by atoms with van der Waals surface area (Å²) < 4.78 is 0. The van der Waals surface area contributed by atoms with E-state index in [9.17, 15) is 9.90 Å². The number of carbonyl (C=O) groups is 1. The maximum Gasteiger partial charge on any atom is 2.00 e. The third-order valence-electron chi connectivity index (χ3n) is 0.454. The van der Waals surface area contributed by atoms with Gasteiger partial charge in [-0.05, 0) is 6.42 Å². The fraction of sp³-hybridized carbons (Fsp3) is 0.750. The van der Waals surface area contributed by atoms with Gasteiger partial charge >= 0.3 is 41.7 Å². The number of nitrogens with zero attached hydrogens (tertiary/aromatic N) is 1. The Morgan fingerprint density at radius 1 is 1.45 bits per heavy atom. The van der Waals surface area contributed by atoms with Gasteiger partial charge in [0.1, 0.15) is 0 Å². The van der Waals surface area contributed by atoms with Gasteiger partial charge in [0.05, 0.1) is 5.09 Å². The number of aliphatic carboxylic acids is 1. The van der Waals surface area contributed by atoms with Crippen LogP contribution < -0.4 is 5.11 Å². The second-order valence-electron chi connectivity index (χ2n) is 1.35. The molecule has 0 atom stereocenters. The van der Waals surface area contributed by atoms with Crippen LogP contribution in [0.15, 0.2) is 0 Å². The van der Waals surface area contributed by atoms with E-state index < -0.39 is 11.1 Å². The van der Waals surface area contributed by atoms with Crippen LogP contribution in [0.3, 0.4) is 0 Å². The molecule has 0 N–H and O–H groups in total. The van der Waals surface area contributed by atoms with E-state index in [1.807, 2.05) is 0 Å². The second-order valence-corrected chi connectivity index (χ2v) is 1.35. The molecule has 0 radical (unpaired) electrons. The third-order valence-corrected chi connectivity index (χ3v) is 0.454. The van der Waals surface area contributed by atoms with Gasteiger partial charge in [0.25, 0.3) is 0 Å². The molecule has 0 fully saturated rings. The molecule has 0 amide bonds. The summed E-state index contributed by atoms with van der Waals surface area (Å²) in [7, 11) is 0. The molecule has 0 aliphatic carbocycles. The molecule has 0 aromatic rings. The molecule has 11 heavy (non-hydrogen) atoms. The minimum atomic E-state index is -1.75. The van der Waals surface area contributed by atoms with Gasteiger partial charge in [-0.25, -0.2) is 0 Å². The predicted octanol–water partition coefficient (Wildman–Crippen LogP) is -0.703. The third kappa shape index (κ3) is 70.1. The Morgan fingerprint density at radius 2 is 1.73 bits per heavy atom. The van der Waals surface area contributed by atoms with Crippen LogP contribution >= 0.6 is 0 Å². The first-order valence-electron chi connectivity index (χ1n) is 2.52. The van der Waals surface area contributed by atoms with Crippen LogP contribution in [0.1, 0.15) is 19.8 Å². The normalized spacial score (nSPS) is 6.64. The molecular weight excluding hydrogens is 282 g/mol. The molecule has 0 aromatic heterocycles. The Bertz CT molecular complexity index is 113. The number of hydrogen-bond acceptors (Lipinski definition) is 5. The van der Waals surface area contributed by atoms with E-state index in [-0.39, 0.29) is 48.2 Å². The zero-order valence-electron chi connectivity index (χ0n) is 5.90. The summed E-state index contributed by atoms with van der Waals surface area (Å²) in [6, 6.07) is 0. The molecule has 0 heterocycles. The molecular formula is C4H7CeNO5. The molecule has 0 aliphatic rings. The van der Waals surface area contributed by atoms with E-state index in [2.05, 4.69) is 0 Å². The van der Waals surface area contributed by atoms with Crippen LogP contribution in [0.25, 0.3) is 0 Å². The Labute approximate surface area is 97.1 Å². The monoisotopic (exact) mass is 289 g/mol. The average Bonchev–Trinajstić information content (AvgIpc) is 1.62. The molecule has 0 unspecified atom stereocenters. The van der Waals surface area contributed by atoms with E-state index in [1.165, 1.54) is 0 Å². The second kappa shape index (κ2) is 12.7. The van der Waals surface area contributed by atoms with Crippen molar-refractivity contribution < 1.29 is 56.7 Å². The summed E-state index contributed by atoms with van der Waals surface area (Å²) in [5, 5.41) is 24.2. The molecule has 0 bridgehead atoms. The van der Waals surface area contributed by atoms with Gasteiger partial charge in [-0.1, -0.05) is 13.3 Å². The van der Waals surface area contributed by atoms with Crippen LogP contribution in [0.4, 0.5) is 0 Å². The summed E-state index contributed by atoms with van der Waals surface area (Å²) in [5.74, 6) is -0.961. The average molecular weight is 289 g/mol. The zero-order chi connectivity index (χ0) is 8.57. The van der Waals surface area contributed by atoms with Crippen molar-refractivity contribution in [1.29, 1.82) is 0 Å². The van der Waals surface area contributed by atoms with Gasteiger partial charge in [-0.3, -0.25) is 0 Å². The van der Waals surface area contributed by atoms with Gasteiger partial charge in [0.2, 0.25) is 0 Å². The SMILES string of the molecule is CCCC(=O)[O-].O=[N+]([O-])[O-].[Ce+2]. The van der Waals surface area contributed by atoms with Gasteiger partial charge in [0, 0.05) is 5.97 Å². The summed E-state index contributed by atoms with van der Waals surface area (Å²) in [6.07, 6.45) is 0.850. The fourth-order valence-electron chi connectivity index (χ4n) is 0.204. The van der Waals surface area contributed by atoms with Gasteiger partial charge in [0.15, 0.2) is 0 Å². The zero-order valence-corrected chi connectivity index (χ0v) is 9.04. The van der Waals surface area contributed by atoms with Crippen LogP contribution in [-0.2, 0) is 4.79 Å². The minimum Gasteiger partial charge on any atom is -0.550 e. The maximum atomic E-state index is 9.49. The summed E-state index contributed by atoms with van der Waals surface area (Å²) in [6.45, 7) is 1.80. The summed E-state index contributed by atoms with van der Waals surface area (Å²) >= 11 is 0. The Hall–Kier alpha value is 0.0466. The Morgan fingerprint density at radius 3 is 1.73 bits per heavy atom. The molecule has 0 saturated heterocycles. The van der Waals surface area contributed by atoms with Crippen molar-refractivity contribution in [3.8, 4) is 0 Å². The van der Waals surface area contributed by atoms with Crippen molar-refractivity contribution in [2.45, 2.75) is 19.8 Å². The number of hydrogen-bond donors (Lipinski definition) is 0. The molecule has 0 spiro atoms. The van der Waals surface area contributed by atoms with Crippen LogP contribution in [0.2, 0.25) is 0 Å². The number of rotatable bonds is 2. The van der Waals surface area contributed by atoms with Gasteiger partial charge in [-0.2, -0.15) is 0 Å². The van der Waals surface area contributed by atoms with Crippen molar-refractivity contribution in [2.24, 2.45) is 0 Å². The quantitative estimate of drug-likeness (QED) is 0.493. The molecule has 62 valence electrons. The van der Waals surface area contributed by atoms with Crippen molar-refractivity contribution >= 4 is 5.97 Å². The van der Waals surface area contributed by atoms with Crippen molar-refractivity contribution in [3.05, 3.63) is 15.3 Å². The molecule has 0 aliphatic heterocycles. The van der Waals surface area contributed by atoms with E-state index in [4.69, 9.17) is 15.3 Å². The molecule has 0 saturated carbocycles. The van der Waals surface area contributed by atoms with E-state index in [0.29, 0.717) is 6.42 Å². The van der Waals surface area contributed by atoms with Crippen molar-refractivity contribution in [2.75, 3.05) is 0 Å². The largest absolute Gasteiger partial charge is 2.00 e. The predicted molar refractivity (Wildman–Crippen MR) is 30.3 cm³/mol. The number of carbonyl (C=O) groups excluding carboxylic acids is 1. The minimum absolute atomic E-state index is 0. The topological polar surface area (TPSA) is 106 Å². The standard InChI is InChI=1S/C4H8O2.Ce.NO3/c1-2-3-4(5)6;;2-1(3)4/h2-3H2,1H3,(H,5,6);;/q;+2;-1/p-1. The molecule has 0 rings (SSSR count). The Balaban J connectivity index is -0.000000114. The van der Waals surface area contributed by atoms with Crippen molar-refractivity contribution in [1.82, 2.24) is 0 Å². The first-order chi connectivity index (χ1) is 4.50. The summed E-state index contributed by atoms with van der Waals surface area (Å²) in [4.78, 5) is 17.7. The summed E-state index contributed by atoms with van der Waals surface area (Å²) in [5.41, 5.74) is 0. The van der Waals surface area contributed by atoms with Gasteiger partial charge in [-0.15, -0.1) is 0 Å². The van der Waals surface area contributed by atoms with E-state index in [0.717, 1.165) is 0 Å². The van der Waals surface area contributed by atoms with Crippen LogP contribution in [0, 0.1) is 57.1 Å². The molecule has 0 aromatic carbocycles. The van der Waals surface area contributed by atoms with Crippen LogP contribution in [-0.4, -0.2) is 11.1 Å². The number of carboxylic acids is 1.